The summed E-state index contributed by atoms with van der Waals surface area (Å²) in [6, 6.07) is 12.4. The molecule has 4 rings (SSSR count). The first kappa shape index (κ1) is 28.1. The molecule has 9 nitrogen and oxygen atoms in total. The average Bonchev–Trinajstić information content (AvgIpc) is 3.32. The molecule has 0 bridgehead atoms. The summed E-state index contributed by atoms with van der Waals surface area (Å²) in [4.78, 5) is 25.4. The van der Waals surface area contributed by atoms with Gasteiger partial charge in [0.15, 0.2) is 5.82 Å². The van der Waals surface area contributed by atoms with E-state index >= 15 is 4.39 Å². The number of rotatable bonds is 9. The van der Waals surface area contributed by atoms with Gasteiger partial charge < -0.3 is 10.4 Å². The van der Waals surface area contributed by atoms with Gasteiger partial charge in [-0.05, 0) is 48.9 Å². The van der Waals surface area contributed by atoms with Crippen molar-refractivity contribution < 1.29 is 22.7 Å². The Kier molecular flexibility index (Phi) is 7.98. The number of hydrogen-bond donors (Lipinski definition) is 3. The molecule has 2 aromatic heterocycles. The largest absolute Gasteiger partial charge is 0.478 e. The molecule has 0 fully saturated rings. The zero-order valence-corrected chi connectivity index (χ0v) is 23.5. The second-order valence-electron chi connectivity index (χ2n) is 9.81. The number of thiazole rings is 1. The quantitative estimate of drug-likeness (QED) is 0.214. The van der Waals surface area contributed by atoms with Crippen LogP contribution in [0.4, 0.5) is 21.7 Å². The summed E-state index contributed by atoms with van der Waals surface area (Å²) in [5, 5.41) is 12.9. The van der Waals surface area contributed by atoms with Gasteiger partial charge >= 0.3 is 5.97 Å². The molecule has 2 aromatic carbocycles. The third-order valence-electron chi connectivity index (χ3n) is 5.54. The summed E-state index contributed by atoms with van der Waals surface area (Å²) in [5.74, 6) is -1.62. The molecule has 0 amide bonds. The highest BCUT2D eigenvalue weighted by Gasteiger charge is 2.26. The van der Waals surface area contributed by atoms with E-state index in [-0.39, 0.29) is 33.9 Å². The predicted molar refractivity (Wildman–Crippen MR) is 152 cm³/mol. The van der Waals surface area contributed by atoms with E-state index in [2.05, 4.69) is 20.0 Å². The number of carboxylic acid groups (broad SMARTS) is 1. The number of benzene rings is 2. The fraction of sp³-hybridized carbons (Fsp3) is 0.259. The second kappa shape index (κ2) is 11.1. The van der Waals surface area contributed by atoms with Crippen LogP contribution in [0.25, 0.3) is 21.8 Å². The van der Waals surface area contributed by atoms with Gasteiger partial charge in [-0.3, -0.25) is 4.72 Å². The molecule has 0 unspecified atom stereocenters. The molecule has 39 heavy (non-hydrogen) atoms. The minimum absolute atomic E-state index is 0.122. The average molecular weight is 570 g/mol. The van der Waals surface area contributed by atoms with Crippen LogP contribution in [0.15, 0.2) is 54.7 Å². The smallest absolute Gasteiger partial charge is 0.335 e. The van der Waals surface area contributed by atoms with Crippen LogP contribution in [0.3, 0.4) is 0 Å². The molecule has 4 aromatic rings. The monoisotopic (exact) mass is 569 g/mol. The van der Waals surface area contributed by atoms with Gasteiger partial charge in [-0.15, -0.1) is 11.3 Å². The van der Waals surface area contributed by atoms with E-state index in [0.717, 1.165) is 5.01 Å². The van der Waals surface area contributed by atoms with Crippen molar-refractivity contribution in [1.82, 2.24) is 15.0 Å². The molecule has 12 heteroatoms. The fourth-order valence-electron chi connectivity index (χ4n) is 3.65. The van der Waals surface area contributed by atoms with Crippen molar-refractivity contribution >= 4 is 44.7 Å². The van der Waals surface area contributed by atoms with Gasteiger partial charge in [-0.1, -0.05) is 33.8 Å². The van der Waals surface area contributed by atoms with Crippen LogP contribution >= 0.6 is 11.3 Å². The summed E-state index contributed by atoms with van der Waals surface area (Å²) in [6.45, 7) is 7.73. The minimum Gasteiger partial charge on any atom is -0.478 e. The molecule has 204 valence electrons. The molecule has 0 spiro atoms. The maximum Gasteiger partial charge on any atom is 0.335 e. The number of sulfonamides is 1. The lowest BCUT2D eigenvalue weighted by atomic mass is 9.98. The highest BCUT2D eigenvalue weighted by Crippen LogP contribution is 2.42. The Morgan fingerprint density at radius 2 is 1.79 bits per heavy atom. The van der Waals surface area contributed by atoms with Gasteiger partial charge in [0.05, 0.1) is 38.3 Å². The minimum atomic E-state index is -3.70. The Labute approximate surface area is 230 Å². The maximum absolute atomic E-state index is 15.7. The number of halogens is 1. The van der Waals surface area contributed by atoms with Gasteiger partial charge in [-0.2, -0.15) is 0 Å². The second-order valence-corrected chi connectivity index (χ2v) is 12.6. The van der Waals surface area contributed by atoms with E-state index in [1.165, 1.54) is 29.5 Å². The third-order valence-corrected chi connectivity index (χ3v) is 8.52. The van der Waals surface area contributed by atoms with Gasteiger partial charge in [0, 0.05) is 22.9 Å². The van der Waals surface area contributed by atoms with E-state index in [1.807, 2.05) is 20.8 Å². The lowest BCUT2D eigenvalue weighted by Crippen LogP contribution is -2.17. The lowest BCUT2D eigenvalue weighted by Gasteiger charge is -2.13. The first-order valence-corrected chi connectivity index (χ1v) is 14.6. The Balaban J connectivity index is 1.77. The van der Waals surface area contributed by atoms with Gasteiger partial charge in [0.25, 0.3) is 0 Å². The van der Waals surface area contributed by atoms with E-state index in [0.29, 0.717) is 28.4 Å². The lowest BCUT2D eigenvalue weighted by molar-refractivity contribution is 0.0697. The molecular formula is C27H28FN5O4S2. The van der Waals surface area contributed by atoms with Crippen LogP contribution < -0.4 is 10.0 Å². The Bertz CT molecular complexity index is 1610. The van der Waals surface area contributed by atoms with Crippen LogP contribution in [0.5, 0.6) is 0 Å². The topological polar surface area (TPSA) is 134 Å². The number of carboxylic acids is 1. The summed E-state index contributed by atoms with van der Waals surface area (Å²) in [7, 11) is -3.70. The molecular weight excluding hydrogens is 541 g/mol. The Hall–Kier alpha value is -3.90. The number of carbonyl (C=O) groups is 1. The normalized spacial score (nSPS) is 11.8. The van der Waals surface area contributed by atoms with Crippen molar-refractivity contribution in [2.45, 2.75) is 39.5 Å². The van der Waals surface area contributed by atoms with Crippen LogP contribution in [-0.4, -0.2) is 40.2 Å². The Morgan fingerprint density at radius 1 is 1.08 bits per heavy atom. The third kappa shape index (κ3) is 6.58. The number of nitrogens with zero attached hydrogens (tertiary/aromatic N) is 3. The van der Waals surface area contributed by atoms with Crippen molar-refractivity contribution in [1.29, 1.82) is 0 Å². The first-order valence-electron chi connectivity index (χ1n) is 12.1. The standard InChI is InChI=1S/C27H28FN5O4S2/c1-5-15-39(36,37)33-19-8-6-7-18(21(19)28)22-23(38-25(32-22)27(2,3)4)20-13-14-29-26(31-20)30-17-11-9-16(10-12-17)24(34)35/h6-14,33H,5,15H2,1-4H3,(H,34,35)(H,29,30,31). The Morgan fingerprint density at radius 3 is 2.44 bits per heavy atom. The van der Waals surface area contributed by atoms with E-state index in [9.17, 15) is 13.2 Å². The van der Waals surface area contributed by atoms with E-state index < -0.39 is 21.8 Å². The summed E-state index contributed by atoms with van der Waals surface area (Å²) < 4.78 is 42.7. The van der Waals surface area contributed by atoms with Crippen molar-refractivity contribution in [3.63, 3.8) is 0 Å². The van der Waals surface area contributed by atoms with Crippen molar-refractivity contribution in [3.05, 3.63) is 71.1 Å². The number of hydrogen-bond acceptors (Lipinski definition) is 8. The fourth-order valence-corrected chi connectivity index (χ4v) is 5.89. The van der Waals surface area contributed by atoms with E-state index in [1.54, 1.807) is 43.5 Å². The number of nitrogens with one attached hydrogen (secondary N) is 2. The number of aromatic carboxylic acids is 1. The SMILES string of the molecule is CCCS(=O)(=O)Nc1cccc(-c2nc(C(C)(C)C)sc2-c2ccnc(Nc3ccc(C(=O)O)cc3)n2)c1F. The van der Waals surface area contributed by atoms with Crippen LogP contribution in [0, 0.1) is 5.82 Å². The molecule has 0 aliphatic heterocycles. The van der Waals surface area contributed by atoms with Crippen molar-refractivity contribution in [3.8, 4) is 21.8 Å². The highest BCUT2D eigenvalue weighted by molar-refractivity contribution is 7.92. The van der Waals surface area contributed by atoms with Crippen LogP contribution in [0.2, 0.25) is 0 Å². The van der Waals surface area contributed by atoms with Gasteiger partial charge in [0.1, 0.15) is 0 Å². The predicted octanol–water partition coefficient (Wildman–Crippen LogP) is 6.30. The highest BCUT2D eigenvalue weighted by atomic mass is 32.2. The molecule has 0 atom stereocenters. The van der Waals surface area contributed by atoms with Crippen LogP contribution in [0.1, 0.15) is 49.5 Å². The van der Waals surface area contributed by atoms with E-state index in [4.69, 9.17) is 10.1 Å². The summed E-state index contributed by atoms with van der Waals surface area (Å²) >= 11 is 1.37. The summed E-state index contributed by atoms with van der Waals surface area (Å²) in [5.41, 5.74) is 1.24. The van der Waals surface area contributed by atoms with Gasteiger partial charge in [-0.25, -0.2) is 32.6 Å². The number of aromatic nitrogens is 3. The molecule has 0 aliphatic carbocycles. The molecule has 2 heterocycles. The molecule has 0 saturated carbocycles. The van der Waals surface area contributed by atoms with Crippen LogP contribution in [-0.2, 0) is 15.4 Å². The maximum atomic E-state index is 15.7. The first-order chi connectivity index (χ1) is 18.4. The zero-order valence-electron chi connectivity index (χ0n) is 21.8. The van der Waals surface area contributed by atoms with Crippen molar-refractivity contribution in [2.24, 2.45) is 0 Å². The molecule has 0 aliphatic rings. The molecule has 0 saturated heterocycles. The number of anilines is 3. The molecule has 0 radical (unpaired) electrons. The van der Waals surface area contributed by atoms with Crippen molar-refractivity contribution in [2.75, 3.05) is 15.8 Å². The van der Waals surface area contributed by atoms with Gasteiger partial charge in [0.2, 0.25) is 16.0 Å². The summed E-state index contributed by atoms with van der Waals surface area (Å²) in [6.07, 6.45) is 1.96. The molecule has 3 N–H and O–H groups in total. The zero-order chi connectivity index (χ0) is 28.4.